The average molecular weight is 437 g/mol. The Hall–Kier alpha value is -3.48. The van der Waals surface area contributed by atoms with Crippen LogP contribution in [0.2, 0.25) is 0 Å². The van der Waals surface area contributed by atoms with Crippen molar-refractivity contribution in [2.24, 2.45) is 5.41 Å². The molecular formula is C25H27NO6. The van der Waals surface area contributed by atoms with E-state index in [4.69, 9.17) is 19.3 Å². The lowest BCUT2D eigenvalue weighted by atomic mass is 9.68. The van der Waals surface area contributed by atoms with Gasteiger partial charge < -0.3 is 24.6 Å². The van der Waals surface area contributed by atoms with Crippen molar-refractivity contribution in [2.75, 3.05) is 26.1 Å². The molecule has 1 aliphatic heterocycles. The second kappa shape index (κ2) is 8.22. The fourth-order valence-corrected chi connectivity index (χ4v) is 4.59. The number of ether oxygens (including phenoxy) is 3. The van der Waals surface area contributed by atoms with Gasteiger partial charge in [-0.25, -0.2) is 4.79 Å². The standard InChI is InChI=1S/C25H27NO6/c1-25(2)11-18-24(19(27)12-25)23(14-5-7-15(8-6-14)32-13-22(28)29)16-9-20(30-3)21(31-4)10-17(16)26-18/h5-10,23,26H,11-13H2,1-4H3,(H,28,29)/t23-/m1/s1. The molecule has 0 bridgehead atoms. The molecular weight excluding hydrogens is 410 g/mol. The van der Waals surface area contributed by atoms with E-state index in [1.807, 2.05) is 24.3 Å². The quantitative estimate of drug-likeness (QED) is 0.693. The molecule has 0 amide bonds. The second-order valence-electron chi connectivity index (χ2n) is 8.94. The highest BCUT2D eigenvalue weighted by molar-refractivity contribution is 6.01. The lowest BCUT2D eigenvalue weighted by Gasteiger charge is -2.39. The molecule has 0 saturated heterocycles. The van der Waals surface area contributed by atoms with E-state index in [0.29, 0.717) is 23.7 Å². The van der Waals surface area contributed by atoms with E-state index in [1.165, 1.54) is 0 Å². The molecule has 0 fully saturated rings. The fourth-order valence-electron chi connectivity index (χ4n) is 4.59. The molecule has 2 aromatic carbocycles. The van der Waals surface area contributed by atoms with Crippen molar-refractivity contribution in [1.29, 1.82) is 0 Å². The van der Waals surface area contributed by atoms with E-state index in [-0.39, 0.29) is 17.1 Å². The molecule has 4 rings (SSSR count). The Morgan fingerprint density at radius 2 is 1.75 bits per heavy atom. The minimum absolute atomic E-state index is 0.125. The lowest BCUT2D eigenvalue weighted by Crippen LogP contribution is -2.33. The Bertz CT molecular complexity index is 1100. The van der Waals surface area contributed by atoms with Crippen molar-refractivity contribution >= 4 is 17.4 Å². The summed E-state index contributed by atoms with van der Waals surface area (Å²) in [5, 5.41) is 12.3. The first kappa shape index (κ1) is 21.7. The molecule has 1 atom stereocenters. The van der Waals surface area contributed by atoms with E-state index in [9.17, 15) is 9.59 Å². The number of benzene rings is 2. The van der Waals surface area contributed by atoms with Gasteiger partial charge in [0.15, 0.2) is 23.9 Å². The number of hydrogen-bond donors (Lipinski definition) is 2. The number of carbonyl (C=O) groups excluding carboxylic acids is 1. The summed E-state index contributed by atoms with van der Waals surface area (Å²) < 4.78 is 16.3. The molecule has 32 heavy (non-hydrogen) atoms. The van der Waals surface area contributed by atoms with Crippen molar-refractivity contribution in [2.45, 2.75) is 32.6 Å². The summed E-state index contributed by atoms with van der Waals surface area (Å²) in [6.45, 7) is 3.80. The van der Waals surface area contributed by atoms with E-state index < -0.39 is 12.6 Å². The van der Waals surface area contributed by atoms with Crippen LogP contribution in [0.5, 0.6) is 17.2 Å². The number of carbonyl (C=O) groups is 2. The molecule has 0 saturated carbocycles. The SMILES string of the molecule is COc1cc2c(cc1OC)[C@@H](c1ccc(OCC(=O)O)cc1)C1=C(CC(C)(C)CC1=O)N2. The number of allylic oxidation sites excluding steroid dienone is 2. The number of rotatable bonds is 6. The molecule has 1 heterocycles. The van der Waals surface area contributed by atoms with Crippen molar-refractivity contribution in [3.05, 3.63) is 58.8 Å². The number of fused-ring (bicyclic) bond motifs is 1. The highest BCUT2D eigenvalue weighted by Gasteiger charge is 2.41. The van der Waals surface area contributed by atoms with Gasteiger partial charge >= 0.3 is 5.97 Å². The summed E-state index contributed by atoms with van der Waals surface area (Å²) in [4.78, 5) is 24.1. The minimum atomic E-state index is -1.03. The van der Waals surface area contributed by atoms with Crippen LogP contribution in [0, 0.1) is 5.41 Å². The topological polar surface area (TPSA) is 94.1 Å². The first-order chi connectivity index (χ1) is 15.2. The third-order valence-corrected chi connectivity index (χ3v) is 5.94. The van der Waals surface area contributed by atoms with Gasteiger partial charge in [-0.2, -0.15) is 0 Å². The number of nitrogens with one attached hydrogen (secondary N) is 1. The fraction of sp³-hybridized carbons (Fsp3) is 0.360. The number of methoxy groups -OCH3 is 2. The van der Waals surface area contributed by atoms with E-state index in [1.54, 1.807) is 26.4 Å². The number of carboxylic acid groups (broad SMARTS) is 1. The predicted octanol–water partition coefficient (Wildman–Crippen LogP) is 4.37. The van der Waals surface area contributed by atoms with Crippen molar-refractivity contribution in [1.82, 2.24) is 0 Å². The molecule has 2 N–H and O–H groups in total. The smallest absolute Gasteiger partial charge is 0.341 e. The third-order valence-electron chi connectivity index (χ3n) is 5.94. The molecule has 7 nitrogen and oxygen atoms in total. The van der Waals surface area contributed by atoms with Crippen LogP contribution < -0.4 is 19.5 Å². The van der Waals surface area contributed by atoms with E-state index >= 15 is 0 Å². The maximum atomic E-state index is 13.3. The summed E-state index contributed by atoms with van der Waals surface area (Å²) in [6, 6.07) is 11.0. The van der Waals surface area contributed by atoms with Gasteiger partial charge in [0.2, 0.25) is 0 Å². The highest BCUT2D eigenvalue weighted by atomic mass is 16.5. The van der Waals surface area contributed by atoms with E-state index in [0.717, 1.165) is 34.5 Å². The first-order valence-electron chi connectivity index (χ1n) is 10.5. The average Bonchev–Trinajstić information content (AvgIpc) is 2.74. The zero-order valence-electron chi connectivity index (χ0n) is 18.7. The zero-order chi connectivity index (χ0) is 23.0. The number of aliphatic carboxylic acids is 1. The molecule has 0 unspecified atom stereocenters. The van der Waals surface area contributed by atoms with Gasteiger partial charge in [-0.15, -0.1) is 0 Å². The maximum Gasteiger partial charge on any atom is 0.341 e. The lowest BCUT2D eigenvalue weighted by molar-refractivity contribution is -0.139. The van der Waals surface area contributed by atoms with Crippen LogP contribution in [0.25, 0.3) is 0 Å². The highest BCUT2D eigenvalue weighted by Crippen LogP contribution is 2.51. The van der Waals surface area contributed by atoms with Gasteiger partial charge in [-0.3, -0.25) is 4.79 Å². The van der Waals surface area contributed by atoms with Crippen LogP contribution in [-0.4, -0.2) is 37.7 Å². The largest absolute Gasteiger partial charge is 0.493 e. The van der Waals surface area contributed by atoms with E-state index in [2.05, 4.69) is 19.2 Å². The Morgan fingerprint density at radius 1 is 1.09 bits per heavy atom. The Morgan fingerprint density at radius 3 is 2.38 bits per heavy atom. The number of anilines is 1. The molecule has 168 valence electrons. The number of Topliss-reactive ketones (excluding diaryl/α,β-unsaturated/α-hetero) is 1. The number of carboxylic acids is 1. The molecule has 2 aliphatic rings. The third kappa shape index (κ3) is 4.02. The predicted molar refractivity (Wildman–Crippen MR) is 120 cm³/mol. The minimum Gasteiger partial charge on any atom is -0.493 e. The summed E-state index contributed by atoms with van der Waals surface area (Å²) in [7, 11) is 3.18. The van der Waals surface area contributed by atoms with Crippen LogP contribution in [0.4, 0.5) is 5.69 Å². The van der Waals surface area contributed by atoms with Crippen LogP contribution in [-0.2, 0) is 9.59 Å². The monoisotopic (exact) mass is 437 g/mol. The zero-order valence-corrected chi connectivity index (χ0v) is 18.7. The molecule has 0 spiro atoms. The van der Waals surface area contributed by atoms with Gasteiger partial charge in [-0.1, -0.05) is 26.0 Å². The van der Waals surface area contributed by atoms with Crippen LogP contribution in [0.1, 0.15) is 43.7 Å². The Kier molecular flexibility index (Phi) is 5.59. The van der Waals surface area contributed by atoms with Crippen molar-refractivity contribution < 1.29 is 28.9 Å². The van der Waals surface area contributed by atoms with Gasteiger partial charge in [0.25, 0.3) is 0 Å². The summed E-state index contributed by atoms with van der Waals surface area (Å²) in [5.41, 5.74) is 4.29. The molecule has 1 aliphatic carbocycles. The van der Waals surface area contributed by atoms with Crippen molar-refractivity contribution in [3.8, 4) is 17.2 Å². The van der Waals surface area contributed by atoms with Crippen molar-refractivity contribution in [3.63, 3.8) is 0 Å². The van der Waals surface area contributed by atoms with Gasteiger partial charge in [0.1, 0.15) is 5.75 Å². The Balaban J connectivity index is 1.83. The molecule has 0 aromatic heterocycles. The van der Waals surface area contributed by atoms with Crippen LogP contribution in [0.15, 0.2) is 47.7 Å². The normalized spacial score (nSPS) is 18.9. The summed E-state index contributed by atoms with van der Waals surface area (Å²) >= 11 is 0. The maximum absolute atomic E-state index is 13.3. The summed E-state index contributed by atoms with van der Waals surface area (Å²) in [6.07, 6.45) is 1.24. The number of hydrogen-bond acceptors (Lipinski definition) is 6. The number of ketones is 1. The molecule has 0 radical (unpaired) electrons. The van der Waals surface area contributed by atoms with Gasteiger partial charge in [0.05, 0.1) is 14.2 Å². The van der Waals surface area contributed by atoms with Gasteiger partial charge in [0, 0.05) is 35.4 Å². The Labute approximate surface area is 187 Å². The van der Waals surface area contributed by atoms with Crippen LogP contribution in [0.3, 0.4) is 0 Å². The molecule has 2 aromatic rings. The molecule has 7 heteroatoms. The van der Waals surface area contributed by atoms with Crippen LogP contribution >= 0.6 is 0 Å². The first-order valence-corrected chi connectivity index (χ1v) is 10.5. The second-order valence-corrected chi connectivity index (χ2v) is 8.94. The summed E-state index contributed by atoms with van der Waals surface area (Å²) in [5.74, 6) is 0.474. The van der Waals surface area contributed by atoms with Gasteiger partial charge in [-0.05, 0) is 41.2 Å².